The van der Waals surface area contributed by atoms with Crippen molar-refractivity contribution in [2.75, 3.05) is 46.3 Å². The van der Waals surface area contributed by atoms with Crippen LogP contribution in [0.1, 0.15) is 31.2 Å². The van der Waals surface area contributed by atoms with Gasteiger partial charge in [-0.3, -0.25) is 9.59 Å². The fraction of sp³-hybridized carbons (Fsp3) is 0.536. The molecule has 1 spiro atoms. The van der Waals surface area contributed by atoms with Gasteiger partial charge >= 0.3 is 5.90 Å². The summed E-state index contributed by atoms with van der Waals surface area (Å²) in [5.41, 5.74) is 2.13. The fourth-order valence-corrected chi connectivity index (χ4v) is 6.77. The molecule has 3 aliphatic rings. The van der Waals surface area contributed by atoms with Crippen LogP contribution < -0.4 is 5.32 Å². The number of benzene rings is 1. The minimum absolute atomic E-state index is 0.00289. The van der Waals surface area contributed by atoms with Crippen LogP contribution in [-0.4, -0.2) is 94.1 Å². The minimum atomic E-state index is -0.0835. The van der Waals surface area contributed by atoms with Crippen molar-refractivity contribution in [1.82, 2.24) is 19.7 Å². The molecule has 37 heavy (non-hydrogen) atoms. The maximum atomic E-state index is 13.5. The van der Waals surface area contributed by atoms with E-state index in [1.165, 1.54) is 25.3 Å². The zero-order valence-corrected chi connectivity index (χ0v) is 23.2. The molecule has 3 fully saturated rings. The largest absolute Gasteiger partial charge is 0.460 e. The molecule has 8 nitrogen and oxygen atoms in total. The van der Waals surface area contributed by atoms with Crippen LogP contribution in [0, 0.1) is 5.41 Å². The number of fused-ring (bicyclic) bond motifs is 1. The van der Waals surface area contributed by atoms with Gasteiger partial charge in [0.05, 0.1) is 6.42 Å². The molecule has 3 aliphatic heterocycles. The smallest absolute Gasteiger partial charge is 0.359 e. The standard InChI is InChI=1S/C28H36BrN5O3/c1-3-26(36)34-15-22(16-34)30-25(35)17-33-14-20(23-13-21(29)6-7-24(23)33)12-27(37)32-11-5-9-28(19-32)8-4-10-31(2)18-28/h3,6-7,13-14,22H,1,4-5,8-12,15-19H2,2H3,(H,30,35)/p+1. The Morgan fingerprint density at radius 1 is 1.24 bits per heavy atom. The Labute approximate surface area is 226 Å². The van der Waals surface area contributed by atoms with Gasteiger partial charge in [-0.05, 0) is 63.0 Å². The van der Waals surface area contributed by atoms with Gasteiger partial charge in [0.25, 0.3) is 0 Å². The highest BCUT2D eigenvalue weighted by Crippen LogP contribution is 2.38. The second-order valence-corrected chi connectivity index (χ2v) is 12.0. The predicted molar refractivity (Wildman–Crippen MR) is 148 cm³/mol. The summed E-state index contributed by atoms with van der Waals surface area (Å²) in [6.07, 6.45) is 8.37. The second-order valence-electron chi connectivity index (χ2n) is 11.1. The molecule has 9 heteroatoms. The molecule has 0 aliphatic carbocycles. The molecule has 3 saturated heterocycles. The number of nitrogens with zero attached hydrogens (tertiary/aromatic N) is 4. The minimum Gasteiger partial charge on any atom is -0.460 e. The van der Waals surface area contributed by atoms with Crippen molar-refractivity contribution in [2.24, 2.45) is 5.41 Å². The van der Waals surface area contributed by atoms with E-state index in [2.05, 4.69) is 44.7 Å². The molecule has 1 aromatic heterocycles. The number of nitrogens with one attached hydrogen (secondary N) is 1. The molecule has 2 amide bonds. The summed E-state index contributed by atoms with van der Waals surface area (Å²) >= 11 is 3.57. The van der Waals surface area contributed by atoms with Crippen molar-refractivity contribution in [2.45, 2.75) is 44.7 Å². The topological polar surface area (TPSA) is 80.8 Å². The number of aliphatic hydroxyl groups is 1. The third-order valence-corrected chi connectivity index (χ3v) is 8.69. The molecular formula is C28H37BrN5O3+. The van der Waals surface area contributed by atoms with Crippen LogP contribution in [0.5, 0.6) is 0 Å². The highest BCUT2D eigenvalue weighted by atomic mass is 79.9. The molecule has 5 rings (SSSR count). The van der Waals surface area contributed by atoms with E-state index in [1.54, 1.807) is 4.58 Å². The maximum absolute atomic E-state index is 13.5. The molecule has 198 valence electrons. The third kappa shape index (κ3) is 5.62. The van der Waals surface area contributed by atoms with Gasteiger partial charge in [0, 0.05) is 52.7 Å². The third-order valence-electron chi connectivity index (χ3n) is 8.20. The number of likely N-dealkylation sites (tertiary alicyclic amines) is 2. The van der Waals surface area contributed by atoms with E-state index in [0.29, 0.717) is 19.5 Å². The van der Waals surface area contributed by atoms with Crippen molar-refractivity contribution in [3.05, 3.63) is 47.1 Å². The molecule has 1 aromatic carbocycles. The summed E-state index contributed by atoms with van der Waals surface area (Å²) < 4.78 is 4.66. The number of aromatic nitrogens is 1. The SMILES string of the molecule is C=CC(O)=[N+]1CC(NC(=O)Cn2cc(CC(=O)N3CCCC4(CCCN(C)C4)C3)c3cc(Br)ccc32)C1. The molecule has 0 bridgehead atoms. The normalized spacial score (nSPS) is 24.2. The van der Waals surface area contributed by atoms with Crippen molar-refractivity contribution in [3.63, 3.8) is 0 Å². The molecule has 4 heterocycles. The van der Waals surface area contributed by atoms with Gasteiger partial charge in [0.1, 0.15) is 12.6 Å². The molecule has 2 N–H and O–H groups in total. The molecular weight excluding hydrogens is 534 g/mol. The van der Waals surface area contributed by atoms with Crippen LogP contribution in [0.4, 0.5) is 0 Å². The first-order valence-corrected chi connectivity index (χ1v) is 14.0. The fourth-order valence-electron chi connectivity index (χ4n) is 6.41. The second kappa shape index (κ2) is 10.6. The van der Waals surface area contributed by atoms with Crippen molar-refractivity contribution >= 4 is 44.5 Å². The summed E-state index contributed by atoms with van der Waals surface area (Å²) in [5, 5.41) is 13.8. The summed E-state index contributed by atoms with van der Waals surface area (Å²) in [4.78, 5) is 30.8. The highest BCUT2D eigenvalue weighted by molar-refractivity contribution is 9.10. The summed E-state index contributed by atoms with van der Waals surface area (Å²) in [6, 6.07) is 6.00. The average molecular weight is 572 g/mol. The van der Waals surface area contributed by atoms with E-state index in [9.17, 15) is 14.7 Å². The number of amides is 2. The van der Waals surface area contributed by atoms with E-state index in [4.69, 9.17) is 0 Å². The van der Waals surface area contributed by atoms with E-state index >= 15 is 0 Å². The number of hydrogen-bond donors (Lipinski definition) is 2. The van der Waals surface area contributed by atoms with Crippen molar-refractivity contribution in [1.29, 1.82) is 0 Å². The summed E-state index contributed by atoms with van der Waals surface area (Å²) in [7, 11) is 2.19. The Morgan fingerprint density at radius 3 is 2.73 bits per heavy atom. The Morgan fingerprint density at radius 2 is 2.00 bits per heavy atom. The number of aliphatic hydroxyl groups excluding tert-OH is 1. The Hall–Kier alpha value is -2.65. The first-order chi connectivity index (χ1) is 17.7. The van der Waals surface area contributed by atoms with Crippen LogP contribution >= 0.6 is 15.9 Å². The van der Waals surface area contributed by atoms with Gasteiger partial charge in [0.2, 0.25) is 11.8 Å². The number of hydrogen-bond acceptors (Lipinski definition) is 3. The molecule has 2 aromatic rings. The first kappa shape index (κ1) is 26.0. The number of carbonyl (C=O) groups is 2. The number of piperidine rings is 2. The van der Waals surface area contributed by atoms with E-state index in [0.717, 1.165) is 53.5 Å². The lowest BCUT2D eigenvalue weighted by Crippen LogP contribution is -2.56. The lowest BCUT2D eigenvalue weighted by atomic mass is 9.74. The maximum Gasteiger partial charge on any atom is 0.359 e. The van der Waals surface area contributed by atoms with Gasteiger partial charge in [0.15, 0.2) is 13.1 Å². The predicted octanol–water partition coefficient (Wildman–Crippen LogP) is 2.93. The van der Waals surface area contributed by atoms with Crippen LogP contribution in [0.25, 0.3) is 10.9 Å². The molecule has 0 radical (unpaired) electrons. The number of halogens is 1. The zero-order chi connectivity index (χ0) is 26.2. The van der Waals surface area contributed by atoms with Crippen LogP contribution in [0.15, 0.2) is 41.5 Å². The van der Waals surface area contributed by atoms with Gasteiger partial charge in [-0.15, -0.1) is 0 Å². The quantitative estimate of drug-likeness (QED) is 0.413. The van der Waals surface area contributed by atoms with Gasteiger partial charge < -0.3 is 24.8 Å². The van der Waals surface area contributed by atoms with Gasteiger partial charge in [-0.2, -0.15) is 4.58 Å². The van der Waals surface area contributed by atoms with Crippen molar-refractivity contribution < 1.29 is 19.3 Å². The van der Waals surface area contributed by atoms with Crippen LogP contribution in [0.3, 0.4) is 0 Å². The molecule has 1 atom stereocenters. The van der Waals surface area contributed by atoms with Gasteiger partial charge in [-0.1, -0.05) is 22.5 Å². The van der Waals surface area contributed by atoms with E-state index in [1.807, 2.05) is 29.0 Å². The van der Waals surface area contributed by atoms with Crippen LogP contribution in [-0.2, 0) is 22.6 Å². The lowest BCUT2D eigenvalue weighted by Gasteiger charge is -2.47. The Balaban J connectivity index is 1.28. The van der Waals surface area contributed by atoms with Crippen molar-refractivity contribution in [3.8, 4) is 0 Å². The van der Waals surface area contributed by atoms with E-state index in [-0.39, 0.29) is 35.7 Å². The molecule has 1 unspecified atom stereocenters. The zero-order valence-electron chi connectivity index (χ0n) is 21.6. The van der Waals surface area contributed by atoms with Crippen LogP contribution in [0.2, 0.25) is 0 Å². The first-order valence-electron chi connectivity index (χ1n) is 13.2. The number of rotatable bonds is 6. The average Bonchev–Trinajstić information content (AvgIpc) is 3.16. The Bertz CT molecular complexity index is 1240. The number of carbonyl (C=O) groups excluding carboxylic acids is 2. The van der Waals surface area contributed by atoms with Gasteiger partial charge in [-0.25, -0.2) is 0 Å². The highest BCUT2D eigenvalue weighted by Gasteiger charge is 2.39. The lowest BCUT2D eigenvalue weighted by molar-refractivity contribution is -0.596. The summed E-state index contributed by atoms with van der Waals surface area (Å²) in [5.74, 6) is 0.223. The van der Waals surface area contributed by atoms with E-state index < -0.39 is 0 Å². The monoisotopic (exact) mass is 570 g/mol. The Kier molecular flexibility index (Phi) is 7.45. The molecule has 0 saturated carbocycles. The summed E-state index contributed by atoms with van der Waals surface area (Å²) in [6.45, 7) is 8.76.